The van der Waals surface area contributed by atoms with Gasteiger partial charge in [-0.05, 0) is 30.4 Å². The number of hydrogen-bond donors (Lipinski definition) is 3. The zero-order chi connectivity index (χ0) is 30.0. The minimum atomic E-state index is -0.922. The predicted octanol–water partition coefficient (Wildman–Crippen LogP) is 2.71. The summed E-state index contributed by atoms with van der Waals surface area (Å²) in [7, 11) is 0. The maximum Gasteiger partial charge on any atom is 0.434 e. The molecule has 4 N–H and O–H groups in total. The molecule has 2 rings (SSSR count). The van der Waals surface area contributed by atoms with Crippen LogP contribution in [0.4, 0.5) is 4.79 Å². The van der Waals surface area contributed by atoms with E-state index in [-0.39, 0.29) is 50.8 Å². The summed E-state index contributed by atoms with van der Waals surface area (Å²) in [5.74, 6) is -2.10. The fraction of sp³-hybridized carbons (Fsp3) is 0.433. The third-order valence-electron chi connectivity index (χ3n) is 6.27. The Morgan fingerprint density at radius 3 is 1.90 bits per heavy atom. The van der Waals surface area contributed by atoms with E-state index >= 15 is 0 Å². The molecule has 0 heterocycles. The second kappa shape index (κ2) is 18.0. The van der Waals surface area contributed by atoms with E-state index < -0.39 is 23.8 Å². The Balaban J connectivity index is 2.03. The Morgan fingerprint density at radius 1 is 0.780 bits per heavy atom. The summed E-state index contributed by atoms with van der Waals surface area (Å²) in [6, 6.07) is 19.7. The summed E-state index contributed by atoms with van der Waals surface area (Å²) in [5.41, 5.74) is 9.63. The van der Waals surface area contributed by atoms with Crippen LogP contribution in [0.2, 0.25) is 0 Å². The quantitative estimate of drug-likeness (QED) is 0.265. The van der Waals surface area contributed by atoms with Crippen molar-refractivity contribution in [1.29, 1.82) is 0 Å². The SMILES string of the molecule is CCCNC(=O)CCC(=O)NOC(=O)N(CCC)CC(=O)N(CCC(c1ccccc1)c1ccccc1)CC(N)=O. The summed E-state index contributed by atoms with van der Waals surface area (Å²) in [5, 5.41) is 2.66. The first-order chi connectivity index (χ1) is 19.7. The highest BCUT2D eigenvalue weighted by molar-refractivity contribution is 5.87. The maximum absolute atomic E-state index is 13.3. The predicted molar refractivity (Wildman–Crippen MR) is 154 cm³/mol. The first-order valence-corrected chi connectivity index (χ1v) is 13.9. The molecule has 0 saturated heterocycles. The molecule has 0 spiro atoms. The molecule has 0 bridgehead atoms. The molecule has 222 valence electrons. The van der Waals surface area contributed by atoms with Gasteiger partial charge in [-0.3, -0.25) is 24.1 Å². The summed E-state index contributed by atoms with van der Waals surface area (Å²) < 4.78 is 0. The van der Waals surface area contributed by atoms with Gasteiger partial charge in [-0.15, -0.1) is 0 Å². The van der Waals surface area contributed by atoms with Gasteiger partial charge in [0.05, 0.1) is 6.54 Å². The van der Waals surface area contributed by atoms with Crippen molar-refractivity contribution in [3.63, 3.8) is 0 Å². The fourth-order valence-electron chi connectivity index (χ4n) is 4.23. The molecule has 5 amide bonds. The normalized spacial score (nSPS) is 10.5. The third-order valence-corrected chi connectivity index (χ3v) is 6.27. The minimum absolute atomic E-state index is 0.0310. The molecule has 0 atom stereocenters. The Morgan fingerprint density at radius 2 is 1.37 bits per heavy atom. The molecule has 0 radical (unpaired) electrons. The molecule has 0 aliphatic carbocycles. The second-order valence-electron chi connectivity index (χ2n) is 9.61. The molecule has 2 aromatic carbocycles. The average molecular weight is 568 g/mol. The Kier molecular flexibility index (Phi) is 14.4. The molecule has 0 aliphatic rings. The molecule has 0 aromatic heterocycles. The lowest BCUT2D eigenvalue weighted by molar-refractivity contribution is -0.136. The van der Waals surface area contributed by atoms with Crippen molar-refractivity contribution < 1.29 is 28.8 Å². The second-order valence-corrected chi connectivity index (χ2v) is 9.61. The Hall–Kier alpha value is -4.41. The summed E-state index contributed by atoms with van der Waals surface area (Å²) in [6.07, 6.45) is 0.691. The highest BCUT2D eigenvalue weighted by Crippen LogP contribution is 2.28. The van der Waals surface area contributed by atoms with E-state index in [1.54, 1.807) is 0 Å². The topological polar surface area (TPSA) is 151 Å². The van der Waals surface area contributed by atoms with Crippen molar-refractivity contribution in [2.45, 2.75) is 51.9 Å². The van der Waals surface area contributed by atoms with Crippen molar-refractivity contribution >= 4 is 29.7 Å². The zero-order valence-corrected chi connectivity index (χ0v) is 23.8. The molecule has 2 aromatic rings. The molecular weight excluding hydrogens is 526 g/mol. The standard InChI is InChI=1S/C30H41N5O6/c1-3-18-32-27(37)15-16-28(38)33-41-30(40)35(19-4-2)22-29(39)34(21-26(31)36)20-17-25(23-11-7-5-8-12-23)24-13-9-6-10-14-24/h5-14,25H,3-4,15-22H2,1-2H3,(H2,31,36)(H,32,37)(H,33,38). The highest BCUT2D eigenvalue weighted by atomic mass is 16.7. The fourth-order valence-corrected chi connectivity index (χ4v) is 4.23. The van der Waals surface area contributed by atoms with Gasteiger partial charge in [-0.25, -0.2) is 4.79 Å². The van der Waals surface area contributed by atoms with Crippen LogP contribution in [0.1, 0.15) is 63.0 Å². The number of hydroxylamine groups is 1. The van der Waals surface area contributed by atoms with Gasteiger partial charge in [0.1, 0.15) is 6.54 Å². The smallest absolute Gasteiger partial charge is 0.368 e. The van der Waals surface area contributed by atoms with Crippen LogP contribution in [0.15, 0.2) is 60.7 Å². The van der Waals surface area contributed by atoms with Crippen LogP contribution in [-0.4, -0.2) is 72.2 Å². The molecule has 0 fully saturated rings. The molecule has 0 aliphatic heterocycles. The number of carbonyl (C=O) groups is 5. The number of nitrogens with one attached hydrogen (secondary N) is 2. The van der Waals surface area contributed by atoms with E-state index in [2.05, 4.69) is 5.32 Å². The molecule has 11 nitrogen and oxygen atoms in total. The van der Waals surface area contributed by atoms with Gasteiger partial charge in [0.2, 0.25) is 17.7 Å². The van der Waals surface area contributed by atoms with E-state index in [4.69, 9.17) is 10.6 Å². The number of hydrogen-bond acceptors (Lipinski definition) is 6. The van der Waals surface area contributed by atoms with Gasteiger partial charge in [0.25, 0.3) is 5.91 Å². The number of carbonyl (C=O) groups excluding carboxylic acids is 5. The van der Waals surface area contributed by atoms with E-state index in [0.717, 1.165) is 22.4 Å². The lowest BCUT2D eigenvalue weighted by atomic mass is 9.88. The van der Waals surface area contributed by atoms with Crippen LogP contribution in [0, 0.1) is 0 Å². The van der Waals surface area contributed by atoms with Gasteiger partial charge < -0.3 is 20.8 Å². The molecule has 41 heavy (non-hydrogen) atoms. The van der Waals surface area contributed by atoms with Crippen molar-refractivity contribution in [2.24, 2.45) is 5.73 Å². The van der Waals surface area contributed by atoms with Crippen molar-refractivity contribution in [3.05, 3.63) is 71.8 Å². The lowest BCUT2D eigenvalue weighted by Crippen LogP contribution is -2.47. The summed E-state index contributed by atoms with van der Waals surface area (Å²) in [4.78, 5) is 68.9. The first-order valence-electron chi connectivity index (χ1n) is 13.9. The number of nitrogens with two attached hydrogens (primary N) is 1. The number of amides is 5. The van der Waals surface area contributed by atoms with E-state index in [1.165, 1.54) is 4.90 Å². The zero-order valence-electron chi connectivity index (χ0n) is 23.8. The molecule has 0 unspecified atom stereocenters. The van der Waals surface area contributed by atoms with Gasteiger partial charge in [-0.2, -0.15) is 5.48 Å². The van der Waals surface area contributed by atoms with Gasteiger partial charge >= 0.3 is 6.09 Å². The van der Waals surface area contributed by atoms with Crippen molar-refractivity contribution in [1.82, 2.24) is 20.6 Å². The average Bonchev–Trinajstić information content (AvgIpc) is 2.97. The summed E-state index contributed by atoms with van der Waals surface area (Å²) in [6.45, 7) is 3.99. The van der Waals surface area contributed by atoms with E-state index in [9.17, 15) is 24.0 Å². The van der Waals surface area contributed by atoms with Crippen molar-refractivity contribution in [2.75, 3.05) is 32.7 Å². The Labute approximate surface area is 241 Å². The van der Waals surface area contributed by atoms with Crippen LogP contribution in [0.3, 0.4) is 0 Å². The Bertz CT molecular complexity index is 1090. The third kappa shape index (κ3) is 12.1. The van der Waals surface area contributed by atoms with Crippen molar-refractivity contribution in [3.8, 4) is 0 Å². The van der Waals surface area contributed by atoms with Gasteiger partial charge in [0, 0.05) is 38.4 Å². The molecule has 11 heteroatoms. The van der Waals surface area contributed by atoms with E-state index in [0.29, 0.717) is 19.4 Å². The minimum Gasteiger partial charge on any atom is -0.368 e. The van der Waals surface area contributed by atoms with Crippen LogP contribution in [0.5, 0.6) is 0 Å². The van der Waals surface area contributed by atoms with Crippen LogP contribution in [0.25, 0.3) is 0 Å². The highest BCUT2D eigenvalue weighted by Gasteiger charge is 2.25. The van der Waals surface area contributed by atoms with Gasteiger partial charge in [-0.1, -0.05) is 74.5 Å². The number of benzene rings is 2. The molecular formula is C30H41N5O6. The molecule has 0 saturated carbocycles. The number of rotatable bonds is 16. The number of nitrogens with zero attached hydrogens (tertiary/aromatic N) is 2. The maximum atomic E-state index is 13.3. The largest absolute Gasteiger partial charge is 0.434 e. The summed E-state index contributed by atoms with van der Waals surface area (Å²) >= 11 is 0. The monoisotopic (exact) mass is 567 g/mol. The van der Waals surface area contributed by atoms with E-state index in [1.807, 2.05) is 80.0 Å². The van der Waals surface area contributed by atoms with Gasteiger partial charge in [0.15, 0.2) is 0 Å². The van der Waals surface area contributed by atoms with Crippen LogP contribution in [-0.2, 0) is 24.0 Å². The van der Waals surface area contributed by atoms with Crippen LogP contribution < -0.4 is 16.5 Å². The first kappa shape index (κ1) is 32.8. The lowest BCUT2D eigenvalue weighted by Gasteiger charge is -2.28. The van der Waals surface area contributed by atoms with Crippen LogP contribution >= 0.6 is 0 Å². The number of primary amides is 1.